The second-order valence-electron chi connectivity index (χ2n) is 5.22. The molecule has 0 unspecified atom stereocenters. The van der Waals surface area contributed by atoms with E-state index in [1.54, 1.807) is 12.1 Å². The van der Waals surface area contributed by atoms with Crippen LogP contribution >= 0.6 is 11.3 Å². The summed E-state index contributed by atoms with van der Waals surface area (Å²) in [5, 5.41) is 2.99. The number of aromatic amines is 1. The van der Waals surface area contributed by atoms with Gasteiger partial charge in [-0.1, -0.05) is 0 Å². The van der Waals surface area contributed by atoms with E-state index in [0.29, 0.717) is 10.8 Å². The summed E-state index contributed by atoms with van der Waals surface area (Å²) in [6.45, 7) is 1.60. The van der Waals surface area contributed by atoms with Gasteiger partial charge in [0.15, 0.2) is 5.13 Å². The Bertz CT molecular complexity index is 1040. The molecular formula is C16H13FN4O3S. The topological polar surface area (TPSA) is 96.9 Å². The van der Waals surface area contributed by atoms with Crippen LogP contribution in [0.25, 0.3) is 11.3 Å². The summed E-state index contributed by atoms with van der Waals surface area (Å²) >= 11 is 1.28. The van der Waals surface area contributed by atoms with E-state index in [1.165, 1.54) is 29.7 Å². The number of anilines is 1. The molecule has 1 amide bonds. The quantitative estimate of drug-likeness (QED) is 0.741. The highest BCUT2D eigenvalue weighted by Crippen LogP contribution is 2.30. The van der Waals surface area contributed by atoms with E-state index in [2.05, 4.69) is 15.3 Å². The molecule has 1 aromatic carbocycles. The maximum absolute atomic E-state index is 13.0. The monoisotopic (exact) mass is 360 g/mol. The smallest absolute Gasteiger partial charge is 0.300 e. The molecule has 9 heteroatoms. The Balaban J connectivity index is 1.76. The number of carbonyl (C=O) groups is 1. The van der Waals surface area contributed by atoms with Gasteiger partial charge in [-0.2, -0.15) is 0 Å². The average Bonchev–Trinajstić information content (AvgIpc) is 2.91. The number of hydrogen-bond donors (Lipinski definition) is 2. The summed E-state index contributed by atoms with van der Waals surface area (Å²) in [6.07, 6.45) is 1.25. The van der Waals surface area contributed by atoms with Crippen LogP contribution in [0.15, 0.2) is 46.1 Å². The number of halogens is 1. The van der Waals surface area contributed by atoms with E-state index in [1.807, 2.05) is 6.92 Å². The van der Waals surface area contributed by atoms with Crippen molar-refractivity contribution in [1.29, 1.82) is 0 Å². The minimum Gasteiger partial charge on any atom is -0.300 e. The van der Waals surface area contributed by atoms with Crippen LogP contribution in [0.1, 0.15) is 4.88 Å². The van der Waals surface area contributed by atoms with Gasteiger partial charge in [0.2, 0.25) is 5.91 Å². The minimum atomic E-state index is -0.662. The van der Waals surface area contributed by atoms with E-state index in [0.717, 1.165) is 21.1 Å². The molecule has 7 nitrogen and oxygen atoms in total. The van der Waals surface area contributed by atoms with E-state index in [9.17, 15) is 18.8 Å². The molecule has 3 rings (SSSR count). The van der Waals surface area contributed by atoms with Crippen LogP contribution in [-0.4, -0.2) is 20.4 Å². The predicted octanol–water partition coefficient (Wildman–Crippen LogP) is 1.75. The second kappa shape index (κ2) is 6.81. The number of amides is 1. The van der Waals surface area contributed by atoms with Gasteiger partial charge >= 0.3 is 5.69 Å². The molecule has 0 saturated heterocycles. The number of hydrogen-bond acceptors (Lipinski definition) is 5. The van der Waals surface area contributed by atoms with Gasteiger partial charge in [0.25, 0.3) is 5.56 Å². The lowest BCUT2D eigenvalue weighted by molar-refractivity contribution is -0.116. The zero-order valence-electron chi connectivity index (χ0n) is 13.1. The number of thiazole rings is 1. The van der Waals surface area contributed by atoms with Crippen LogP contribution in [-0.2, 0) is 11.3 Å². The first-order chi connectivity index (χ1) is 11.9. The lowest BCUT2D eigenvalue weighted by Crippen LogP contribution is -2.32. The Morgan fingerprint density at radius 1 is 1.28 bits per heavy atom. The maximum Gasteiger partial charge on any atom is 0.328 e. The molecule has 2 heterocycles. The number of H-pyrrole nitrogens is 1. The first-order valence-corrected chi connectivity index (χ1v) is 8.07. The summed E-state index contributed by atoms with van der Waals surface area (Å²) in [4.78, 5) is 42.0. The van der Waals surface area contributed by atoms with Gasteiger partial charge in [-0.15, -0.1) is 11.3 Å². The van der Waals surface area contributed by atoms with Gasteiger partial charge in [0.1, 0.15) is 12.4 Å². The molecule has 0 radical (unpaired) electrons. The van der Waals surface area contributed by atoms with Crippen molar-refractivity contribution in [3.05, 3.63) is 68.1 Å². The van der Waals surface area contributed by atoms with Crippen molar-refractivity contribution in [2.24, 2.45) is 0 Å². The minimum absolute atomic E-state index is 0.250. The molecule has 0 aliphatic rings. The third-order valence-electron chi connectivity index (χ3n) is 3.37. The molecule has 0 bridgehead atoms. The summed E-state index contributed by atoms with van der Waals surface area (Å²) in [5.41, 5.74) is 0.208. The molecule has 0 fully saturated rings. The fourth-order valence-corrected chi connectivity index (χ4v) is 3.06. The molecule has 2 aromatic heterocycles. The van der Waals surface area contributed by atoms with Crippen LogP contribution in [0.2, 0.25) is 0 Å². The van der Waals surface area contributed by atoms with Crippen molar-refractivity contribution >= 4 is 22.4 Å². The highest BCUT2D eigenvalue weighted by Gasteiger charge is 2.13. The molecular weight excluding hydrogens is 347 g/mol. The number of carbonyl (C=O) groups excluding carboxylic acids is 1. The van der Waals surface area contributed by atoms with Gasteiger partial charge < -0.3 is 5.32 Å². The molecule has 0 spiro atoms. The Labute approximate surface area is 144 Å². The summed E-state index contributed by atoms with van der Waals surface area (Å²) in [6, 6.07) is 7.07. The Morgan fingerprint density at radius 2 is 2.00 bits per heavy atom. The standard InChI is InChI=1S/C16H13FN4O3S/c1-9-14(10-2-4-11(17)5-3-10)20-15(25-9)18-13(23)8-21-7-6-12(22)19-16(21)24/h2-7H,8H2,1H3,(H,18,20,23)(H,19,22,24). The Hall–Kier alpha value is -3.07. The van der Waals surface area contributed by atoms with Crippen molar-refractivity contribution in [3.8, 4) is 11.3 Å². The van der Waals surface area contributed by atoms with Crippen molar-refractivity contribution in [2.45, 2.75) is 13.5 Å². The molecule has 0 saturated carbocycles. The van der Waals surface area contributed by atoms with Gasteiger partial charge in [-0.05, 0) is 31.2 Å². The SMILES string of the molecule is Cc1sc(NC(=O)Cn2ccc(=O)[nH]c2=O)nc1-c1ccc(F)cc1. The van der Waals surface area contributed by atoms with Crippen molar-refractivity contribution in [1.82, 2.24) is 14.5 Å². The Kier molecular flexibility index (Phi) is 4.57. The molecule has 128 valence electrons. The van der Waals surface area contributed by atoms with Gasteiger partial charge in [0, 0.05) is 22.7 Å². The number of nitrogens with zero attached hydrogens (tertiary/aromatic N) is 2. The number of benzene rings is 1. The van der Waals surface area contributed by atoms with Gasteiger partial charge in [-0.25, -0.2) is 14.2 Å². The van der Waals surface area contributed by atoms with Crippen molar-refractivity contribution in [3.63, 3.8) is 0 Å². The highest BCUT2D eigenvalue weighted by atomic mass is 32.1. The molecule has 0 aliphatic heterocycles. The van der Waals surface area contributed by atoms with Gasteiger partial charge in [0.05, 0.1) is 5.69 Å². The summed E-state index contributed by atoms with van der Waals surface area (Å²) in [5.74, 6) is -0.787. The number of aromatic nitrogens is 3. The van der Waals surface area contributed by atoms with E-state index in [-0.39, 0.29) is 12.4 Å². The second-order valence-corrected chi connectivity index (χ2v) is 6.42. The first-order valence-electron chi connectivity index (χ1n) is 7.25. The zero-order chi connectivity index (χ0) is 18.0. The first kappa shape index (κ1) is 16.8. The van der Waals surface area contributed by atoms with Crippen LogP contribution in [0.4, 0.5) is 9.52 Å². The fraction of sp³-hybridized carbons (Fsp3) is 0.125. The zero-order valence-corrected chi connectivity index (χ0v) is 13.9. The van der Waals surface area contributed by atoms with Crippen molar-refractivity contribution in [2.75, 3.05) is 5.32 Å². The summed E-state index contributed by atoms with van der Waals surface area (Å²) < 4.78 is 14.1. The van der Waals surface area contributed by atoms with Crippen LogP contribution in [0.5, 0.6) is 0 Å². The number of nitrogens with one attached hydrogen (secondary N) is 2. The van der Waals surface area contributed by atoms with Crippen LogP contribution < -0.4 is 16.6 Å². The van der Waals surface area contributed by atoms with Gasteiger partial charge in [-0.3, -0.25) is 19.1 Å². The van der Waals surface area contributed by atoms with Crippen molar-refractivity contribution < 1.29 is 9.18 Å². The highest BCUT2D eigenvalue weighted by molar-refractivity contribution is 7.16. The fourth-order valence-electron chi connectivity index (χ4n) is 2.21. The maximum atomic E-state index is 13.0. The summed E-state index contributed by atoms with van der Waals surface area (Å²) in [7, 11) is 0. The predicted molar refractivity (Wildman–Crippen MR) is 92.2 cm³/mol. The number of aryl methyl sites for hydroxylation is 1. The molecule has 2 N–H and O–H groups in total. The van der Waals surface area contributed by atoms with Crippen LogP contribution in [0.3, 0.4) is 0 Å². The van der Waals surface area contributed by atoms with E-state index < -0.39 is 17.2 Å². The third kappa shape index (κ3) is 3.89. The lowest BCUT2D eigenvalue weighted by Gasteiger charge is -2.04. The van der Waals surface area contributed by atoms with E-state index in [4.69, 9.17) is 0 Å². The average molecular weight is 360 g/mol. The molecule has 3 aromatic rings. The van der Waals surface area contributed by atoms with Crippen LogP contribution in [0, 0.1) is 12.7 Å². The lowest BCUT2D eigenvalue weighted by atomic mass is 10.1. The molecule has 25 heavy (non-hydrogen) atoms. The third-order valence-corrected chi connectivity index (χ3v) is 4.26. The largest absolute Gasteiger partial charge is 0.328 e. The molecule has 0 atom stereocenters. The van der Waals surface area contributed by atoms with E-state index >= 15 is 0 Å². The number of rotatable bonds is 4. The molecule has 0 aliphatic carbocycles. The Morgan fingerprint density at radius 3 is 2.68 bits per heavy atom. The normalized spacial score (nSPS) is 10.6.